The fraction of sp³-hybridized carbons (Fsp3) is 0.714. The van der Waals surface area contributed by atoms with Gasteiger partial charge in [-0.3, -0.25) is 0 Å². The van der Waals surface area contributed by atoms with Crippen LogP contribution >= 0.6 is 0 Å². The number of dihydropyridines is 1. The van der Waals surface area contributed by atoms with Gasteiger partial charge in [-0.15, -0.1) is 0 Å². The van der Waals surface area contributed by atoms with Crippen LogP contribution in [0.5, 0.6) is 0 Å². The lowest BCUT2D eigenvalue weighted by Crippen LogP contribution is -2.37. The third kappa shape index (κ3) is 2.03. The van der Waals surface area contributed by atoms with E-state index in [0.29, 0.717) is 5.41 Å². The number of hydrogen-bond acceptors (Lipinski definition) is 2. The van der Waals surface area contributed by atoms with E-state index in [1.165, 1.54) is 24.0 Å². The first-order valence-electron chi connectivity index (χ1n) is 6.08. The van der Waals surface area contributed by atoms with Crippen LogP contribution in [0.3, 0.4) is 0 Å². The van der Waals surface area contributed by atoms with E-state index in [4.69, 9.17) is 4.74 Å². The van der Waals surface area contributed by atoms with E-state index in [-0.39, 0.29) is 11.6 Å². The molecule has 1 aliphatic heterocycles. The first kappa shape index (κ1) is 11.7. The molecule has 2 aliphatic rings. The zero-order chi connectivity index (χ0) is 12.0. The van der Waals surface area contributed by atoms with Crippen molar-refractivity contribution in [1.82, 2.24) is 5.32 Å². The molecule has 0 aromatic heterocycles. The first-order valence-corrected chi connectivity index (χ1v) is 6.08. The van der Waals surface area contributed by atoms with Crippen molar-refractivity contribution < 1.29 is 4.74 Å². The molecule has 0 bridgehead atoms. The Kier molecular flexibility index (Phi) is 2.66. The minimum atomic E-state index is 0.0334. The molecule has 2 heteroatoms. The zero-order valence-electron chi connectivity index (χ0n) is 11.1. The van der Waals surface area contributed by atoms with E-state index in [0.717, 1.165) is 0 Å². The summed E-state index contributed by atoms with van der Waals surface area (Å²) in [5.41, 5.74) is 3.35. The quantitative estimate of drug-likeness (QED) is 0.773. The van der Waals surface area contributed by atoms with E-state index in [1.54, 1.807) is 7.11 Å². The van der Waals surface area contributed by atoms with Gasteiger partial charge >= 0.3 is 0 Å². The lowest BCUT2D eigenvalue weighted by molar-refractivity contribution is 0.0966. The Balaban J connectivity index is 2.28. The molecular formula is C14H23NO. The van der Waals surface area contributed by atoms with E-state index >= 15 is 0 Å². The van der Waals surface area contributed by atoms with Gasteiger partial charge in [-0.25, -0.2) is 0 Å². The van der Waals surface area contributed by atoms with Crippen molar-refractivity contribution in [3.8, 4) is 0 Å². The van der Waals surface area contributed by atoms with Gasteiger partial charge < -0.3 is 10.1 Å². The first-order chi connectivity index (χ1) is 7.37. The molecule has 0 saturated heterocycles. The Morgan fingerprint density at radius 1 is 1.38 bits per heavy atom. The number of ether oxygens (including phenoxy) is 1. The van der Waals surface area contributed by atoms with Crippen molar-refractivity contribution in [3.63, 3.8) is 0 Å². The second kappa shape index (κ2) is 3.63. The van der Waals surface area contributed by atoms with Crippen molar-refractivity contribution in [2.75, 3.05) is 7.11 Å². The monoisotopic (exact) mass is 221 g/mol. The fourth-order valence-electron chi connectivity index (χ4n) is 2.17. The predicted octanol–water partition coefficient (Wildman–Crippen LogP) is 3.22. The molecule has 1 aliphatic carbocycles. The molecule has 1 atom stereocenters. The van der Waals surface area contributed by atoms with Gasteiger partial charge in [-0.2, -0.15) is 0 Å². The Hall–Kier alpha value is -0.760. The number of allylic oxidation sites excluding steroid dienone is 2. The highest BCUT2D eigenvalue weighted by Crippen LogP contribution is 2.53. The summed E-state index contributed by atoms with van der Waals surface area (Å²) in [7, 11) is 1.76. The molecule has 1 heterocycles. The molecule has 90 valence electrons. The van der Waals surface area contributed by atoms with Crippen LogP contribution in [0.4, 0.5) is 0 Å². The smallest absolute Gasteiger partial charge is 0.150 e. The summed E-state index contributed by atoms with van der Waals surface area (Å²) in [5, 5.41) is 3.37. The van der Waals surface area contributed by atoms with Crippen molar-refractivity contribution >= 4 is 0 Å². The van der Waals surface area contributed by atoms with Crippen LogP contribution in [0, 0.1) is 10.8 Å². The highest BCUT2D eigenvalue weighted by atomic mass is 16.5. The maximum absolute atomic E-state index is 5.49. The normalized spacial score (nSPS) is 27.9. The van der Waals surface area contributed by atoms with Crippen LogP contribution in [0.1, 0.15) is 40.5 Å². The van der Waals surface area contributed by atoms with Crippen LogP contribution < -0.4 is 5.32 Å². The van der Waals surface area contributed by atoms with Crippen LogP contribution in [-0.2, 0) is 4.74 Å². The molecule has 0 spiro atoms. The van der Waals surface area contributed by atoms with Crippen LogP contribution in [0.15, 0.2) is 23.4 Å². The molecule has 2 rings (SSSR count). The number of methoxy groups -OCH3 is 1. The van der Waals surface area contributed by atoms with Gasteiger partial charge in [0.05, 0.1) is 0 Å². The Labute approximate surface area is 98.8 Å². The number of rotatable bonds is 2. The Morgan fingerprint density at radius 2 is 2.00 bits per heavy atom. The van der Waals surface area contributed by atoms with E-state index in [1.807, 2.05) is 0 Å². The average Bonchev–Trinajstić information content (AvgIpc) is 2.95. The molecule has 16 heavy (non-hydrogen) atoms. The van der Waals surface area contributed by atoms with Gasteiger partial charge in [0.2, 0.25) is 0 Å². The minimum Gasteiger partial charge on any atom is -0.362 e. The van der Waals surface area contributed by atoms with Crippen molar-refractivity contribution in [3.05, 3.63) is 23.4 Å². The summed E-state index contributed by atoms with van der Waals surface area (Å²) < 4.78 is 5.49. The van der Waals surface area contributed by atoms with Gasteiger partial charge in [0, 0.05) is 13.3 Å². The summed E-state index contributed by atoms with van der Waals surface area (Å²) in [4.78, 5) is 0. The Bertz CT molecular complexity index is 342. The van der Waals surface area contributed by atoms with Gasteiger partial charge in [-0.05, 0) is 34.8 Å². The van der Waals surface area contributed by atoms with Gasteiger partial charge in [-0.1, -0.05) is 33.8 Å². The minimum absolute atomic E-state index is 0.0334. The lowest BCUT2D eigenvalue weighted by atomic mass is 9.81. The van der Waals surface area contributed by atoms with Gasteiger partial charge in [0.1, 0.15) is 6.23 Å². The molecule has 1 unspecified atom stereocenters. The van der Waals surface area contributed by atoms with Crippen LogP contribution in [0.25, 0.3) is 0 Å². The maximum atomic E-state index is 5.49. The average molecular weight is 221 g/mol. The second-order valence-electron chi connectivity index (χ2n) is 6.29. The number of nitrogens with one attached hydrogen (secondary N) is 1. The summed E-state index contributed by atoms with van der Waals surface area (Å²) in [6.45, 7) is 9.06. The predicted molar refractivity (Wildman–Crippen MR) is 66.9 cm³/mol. The molecule has 0 aromatic carbocycles. The highest BCUT2D eigenvalue weighted by molar-refractivity contribution is 5.39. The van der Waals surface area contributed by atoms with Crippen molar-refractivity contribution in [1.29, 1.82) is 0 Å². The SMILES string of the molecule is COC1NC=C(C2(C)CC2)C=C1C(C)(C)C. The Morgan fingerprint density at radius 3 is 2.44 bits per heavy atom. The number of hydrogen-bond donors (Lipinski definition) is 1. The summed E-state index contributed by atoms with van der Waals surface area (Å²) in [6.07, 6.45) is 7.14. The third-order valence-corrected chi connectivity index (χ3v) is 3.78. The maximum Gasteiger partial charge on any atom is 0.150 e. The molecule has 1 N–H and O–H groups in total. The van der Waals surface area contributed by atoms with Crippen LogP contribution in [-0.4, -0.2) is 13.3 Å². The topological polar surface area (TPSA) is 21.3 Å². The third-order valence-electron chi connectivity index (χ3n) is 3.78. The van der Waals surface area contributed by atoms with E-state index in [9.17, 15) is 0 Å². The lowest BCUT2D eigenvalue weighted by Gasteiger charge is -2.34. The molecular weight excluding hydrogens is 198 g/mol. The van der Waals surface area contributed by atoms with Crippen LogP contribution in [0.2, 0.25) is 0 Å². The molecule has 2 nitrogen and oxygen atoms in total. The van der Waals surface area contributed by atoms with E-state index < -0.39 is 0 Å². The molecule has 0 aromatic rings. The summed E-state index contributed by atoms with van der Waals surface area (Å²) in [5.74, 6) is 0. The van der Waals surface area contributed by atoms with E-state index in [2.05, 4.69) is 45.3 Å². The standard InChI is InChI=1S/C14H23NO/c1-13(2,3)11-8-10(14(4)6-7-14)9-15-12(11)16-5/h8-9,12,15H,6-7H2,1-5H3. The van der Waals surface area contributed by atoms with Crippen molar-refractivity contribution in [2.24, 2.45) is 10.8 Å². The largest absolute Gasteiger partial charge is 0.362 e. The molecule has 0 radical (unpaired) electrons. The fourth-order valence-corrected chi connectivity index (χ4v) is 2.17. The summed E-state index contributed by atoms with van der Waals surface area (Å²) in [6, 6.07) is 0. The molecule has 1 fully saturated rings. The van der Waals surface area contributed by atoms with Gasteiger partial charge in [0.15, 0.2) is 0 Å². The molecule has 1 saturated carbocycles. The van der Waals surface area contributed by atoms with Crippen molar-refractivity contribution in [2.45, 2.75) is 46.8 Å². The second-order valence-corrected chi connectivity index (χ2v) is 6.29. The zero-order valence-corrected chi connectivity index (χ0v) is 11.1. The van der Waals surface area contributed by atoms with Gasteiger partial charge in [0.25, 0.3) is 0 Å². The summed E-state index contributed by atoms with van der Waals surface area (Å²) >= 11 is 0. The molecule has 0 amide bonds. The highest BCUT2D eigenvalue weighted by Gasteiger charge is 2.42.